The highest BCUT2D eigenvalue weighted by Crippen LogP contribution is 2.31. The van der Waals surface area contributed by atoms with Crippen LogP contribution in [0.4, 0.5) is 0 Å². The van der Waals surface area contributed by atoms with Gasteiger partial charge in [-0.1, -0.05) is 36.4 Å². The van der Waals surface area contributed by atoms with Crippen LogP contribution >= 0.6 is 11.9 Å². The van der Waals surface area contributed by atoms with Gasteiger partial charge in [-0.15, -0.1) is 0 Å². The van der Waals surface area contributed by atoms with Crippen molar-refractivity contribution in [1.29, 1.82) is 0 Å². The third kappa shape index (κ3) is 1.39. The van der Waals surface area contributed by atoms with Crippen molar-refractivity contribution in [3.63, 3.8) is 0 Å². The summed E-state index contributed by atoms with van der Waals surface area (Å²) in [5.41, 5.74) is 1.24. The maximum atomic E-state index is 5.74. The van der Waals surface area contributed by atoms with Gasteiger partial charge >= 0.3 is 0 Å². The number of nitrogens with zero attached hydrogens (tertiary/aromatic N) is 1. The first-order valence-electron chi connectivity index (χ1n) is 3.80. The number of nitrogens with two attached hydrogens (primary N) is 1. The van der Waals surface area contributed by atoms with Crippen molar-refractivity contribution in [2.24, 2.45) is 5.84 Å². The van der Waals surface area contributed by atoms with Gasteiger partial charge in [-0.2, -0.15) is 4.41 Å². The lowest BCUT2D eigenvalue weighted by Crippen LogP contribution is -2.23. The molecule has 0 saturated heterocycles. The topological polar surface area (TPSA) is 29.3 Å². The number of hydrazine groups is 1. The zero-order valence-corrected chi connectivity index (χ0v) is 7.37. The summed E-state index contributed by atoms with van der Waals surface area (Å²) in [5.74, 6) is 5.74. The molecule has 2 rings (SSSR count). The molecule has 2 nitrogen and oxygen atoms in total. The van der Waals surface area contributed by atoms with Crippen molar-refractivity contribution in [3.8, 4) is 0 Å². The molecule has 2 N–H and O–H groups in total. The van der Waals surface area contributed by atoms with E-state index in [2.05, 4.69) is 18.2 Å². The Labute approximate surface area is 76.2 Å². The number of benzene rings is 1. The van der Waals surface area contributed by atoms with Gasteiger partial charge in [0.2, 0.25) is 0 Å². The van der Waals surface area contributed by atoms with Crippen LogP contribution in [0, 0.1) is 0 Å². The van der Waals surface area contributed by atoms with E-state index in [1.165, 1.54) is 17.5 Å². The summed E-state index contributed by atoms with van der Waals surface area (Å²) in [7, 11) is 0. The van der Waals surface area contributed by atoms with E-state index in [0.717, 1.165) is 0 Å². The van der Waals surface area contributed by atoms with Crippen molar-refractivity contribution >= 4 is 11.9 Å². The van der Waals surface area contributed by atoms with Crippen molar-refractivity contribution < 1.29 is 0 Å². The van der Waals surface area contributed by atoms with Gasteiger partial charge in [-0.05, 0) is 22.9 Å². The number of hydrogen-bond acceptors (Lipinski definition) is 3. The average Bonchev–Trinajstić information content (AvgIpc) is 2.53. The van der Waals surface area contributed by atoms with E-state index in [1.54, 1.807) is 4.41 Å². The summed E-state index contributed by atoms with van der Waals surface area (Å²) < 4.78 is 1.75. The predicted molar refractivity (Wildman–Crippen MR) is 51.9 cm³/mol. The molecule has 1 unspecified atom stereocenters. The van der Waals surface area contributed by atoms with Crippen LogP contribution in [0.15, 0.2) is 41.8 Å². The molecule has 0 bridgehead atoms. The van der Waals surface area contributed by atoms with Crippen molar-refractivity contribution in [2.45, 2.75) is 6.04 Å². The monoisotopic (exact) mass is 178 g/mol. The summed E-state index contributed by atoms with van der Waals surface area (Å²) in [6, 6.07) is 10.5. The van der Waals surface area contributed by atoms with Gasteiger partial charge < -0.3 is 0 Å². The van der Waals surface area contributed by atoms with E-state index < -0.39 is 0 Å². The largest absolute Gasteiger partial charge is 0.258 e. The molecule has 62 valence electrons. The number of rotatable bonds is 1. The van der Waals surface area contributed by atoms with Crippen LogP contribution < -0.4 is 5.84 Å². The van der Waals surface area contributed by atoms with Crippen LogP contribution in [0.5, 0.6) is 0 Å². The molecule has 0 saturated carbocycles. The molecular weight excluding hydrogens is 168 g/mol. The van der Waals surface area contributed by atoms with Gasteiger partial charge in [0.1, 0.15) is 0 Å². The molecule has 3 heteroatoms. The second kappa shape index (κ2) is 3.31. The molecule has 1 aromatic rings. The second-order valence-corrected chi connectivity index (χ2v) is 3.55. The first kappa shape index (κ1) is 7.86. The summed E-state index contributed by atoms with van der Waals surface area (Å²) in [6.45, 7) is 0. The lowest BCUT2D eigenvalue weighted by atomic mass is 10.1. The average molecular weight is 178 g/mol. The molecule has 1 aliphatic heterocycles. The van der Waals surface area contributed by atoms with Gasteiger partial charge in [0.25, 0.3) is 0 Å². The van der Waals surface area contributed by atoms with Crippen molar-refractivity contribution in [2.75, 3.05) is 0 Å². The Hall–Kier alpha value is -0.770. The van der Waals surface area contributed by atoms with E-state index in [-0.39, 0.29) is 6.04 Å². The molecule has 0 fully saturated rings. The highest BCUT2D eigenvalue weighted by molar-refractivity contribution is 8.00. The minimum atomic E-state index is 0.233. The predicted octanol–water partition coefficient (Wildman–Crippen LogP) is 2.08. The molecule has 1 heterocycles. The van der Waals surface area contributed by atoms with Crippen LogP contribution in [0.25, 0.3) is 0 Å². The van der Waals surface area contributed by atoms with Crippen molar-refractivity contribution in [3.05, 3.63) is 47.4 Å². The van der Waals surface area contributed by atoms with E-state index in [0.29, 0.717) is 0 Å². The van der Waals surface area contributed by atoms with Crippen LogP contribution in [0.3, 0.4) is 0 Å². The first-order chi connectivity index (χ1) is 5.88. The number of hydrogen-bond donors (Lipinski definition) is 1. The molecule has 0 spiro atoms. The van der Waals surface area contributed by atoms with Gasteiger partial charge in [-0.3, -0.25) is 5.84 Å². The zero-order valence-electron chi connectivity index (χ0n) is 6.55. The lowest BCUT2D eigenvalue weighted by molar-refractivity contribution is 0.445. The quantitative estimate of drug-likeness (QED) is 0.527. The molecule has 0 amide bonds. The van der Waals surface area contributed by atoms with Crippen LogP contribution in [0.2, 0.25) is 0 Å². The molecule has 0 radical (unpaired) electrons. The molecule has 0 aromatic heterocycles. The standard InChI is InChI=1S/C9H10N2S/c10-11-9(6-7-12-11)8-4-2-1-3-5-8/h1-7,9H,10H2. The minimum absolute atomic E-state index is 0.233. The molecule has 0 aliphatic carbocycles. The van der Waals surface area contributed by atoms with Gasteiger partial charge in [0.15, 0.2) is 0 Å². The first-order valence-corrected chi connectivity index (χ1v) is 4.64. The van der Waals surface area contributed by atoms with Crippen LogP contribution in [-0.2, 0) is 0 Å². The smallest absolute Gasteiger partial charge is 0.0796 e. The molecule has 12 heavy (non-hydrogen) atoms. The van der Waals surface area contributed by atoms with E-state index in [9.17, 15) is 0 Å². The highest BCUT2D eigenvalue weighted by Gasteiger charge is 2.18. The van der Waals surface area contributed by atoms with Gasteiger partial charge in [0.05, 0.1) is 6.04 Å². The highest BCUT2D eigenvalue weighted by atomic mass is 32.2. The third-order valence-corrected chi connectivity index (χ3v) is 2.61. The van der Waals surface area contributed by atoms with Crippen molar-refractivity contribution in [1.82, 2.24) is 4.41 Å². The fraction of sp³-hybridized carbons (Fsp3) is 0.111. The van der Waals surface area contributed by atoms with E-state index >= 15 is 0 Å². The van der Waals surface area contributed by atoms with E-state index in [1.807, 2.05) is 23.6 Å². The zero-order chi connectivity index (χ0) is 8.39. The Morgan fingerprint density at radius 3 is 2.58 bits per heavy atom. The lowest BCUT2D eigenvalue weighted by Gasteiger charge is -2.16. The Bertz CT molecular complexity index is 284. The normalized spacial score (nSPS) is 23.2. The van der Waals surface area contributed by atoms with Crippen LogP contribution in [0.1, 0.15) is 11.6 Å². The molecule has 1 aliphatic rings. The summed E-state index contributed by atoms with van der Waals surface area (Å²) in [5, 5.41) is 2.01. The van der Waals surface area contributed by atoms with Gasteiger partial charge in [0, 0.05) is 0 Å². The van der Waals surface area contributed by atoms with E-state index in [4.69, 9.17) is 5.84 Å². The fourth-order valence-corrected chi connectivity index (χ4v) is 1.92. The second-order valence-electron chi connectivity index (χ2n) is 2.65. The minimum Gasteiger partial charge on any atom is -0.258 e. The Morgan fingerprint density at radius 1 is 1.25 bits per heavy atom. The maximum absolute atomic E-state index is 5.74. The molecule has 1 aromatic carbocycles. The summed E-state index contributed by atoms with van der Waals surface area (Å²) >= 11 is 1.53. The Balaban J connectivity index is 2.25. The Kier molecular flexibility index (Phi) is 2.17. The maximum Gasteiger partial charge on any atom is 0.0796 e. The molecule has 1 atom stereocenters. The summed E-state index contributed by atoms with van der Waals surface area (Å²) in [6.07, 6.45) is 2.10. The Morgan fingerprint density at radius 2 is 2.00 bits per heavy atom. The SMILES string of the molecule is NN1SC=CC1c1ccccc1. The molecular formula is C9H10N2S. The fourth-order valence-electron chi connectivity index (χ4n) is 1.24. The van der Waals surface area contributed by atoms with Crippen LogP contribution in [-0.4, -0.2) is 4.41 Å². The summed E-state index contributed by atoms with van der Waals surface area (Å²) in [4.78, 5) is 0. The van der Waals surface area contributed by atoms with Gasteiger partial charge in [-0.25, -0.2) is 0 Å². The third-order valence-electron chi connectivity index (χ3n) is 1.86.